The van der Waals surface area contributed by atoms with Crippen molar-refractivity contribution < 1.29 is 24.2 Å². The van der Waals surface area contributed by atoms with Crippen LogP contribution in [0.15, 0.2) is 72.8 Å². The van der Waals surface area contributed by atoms with Gasteiger partial charge in [-0.1, -0.05) is 66.8 Å². The summed E-state index contributed by atoms with van der Waals surface area (Å²) < 4.78 is 6.69. The monoisotopic (exact) mass is 527 g/mol. The Morgan fingerprint density at radius 3 is 2.51 bits per heavy atom. The molecular formula is C31H33N3O5. The van der Waals surface area contributed by atoms with Crippen LogP contribution >= 0.6 is 0 Å². The Hall–Kier alpha value is -3.75. The maximum Gasteiger partial charge on any atom is 0.253 e. The molecule has 4 heterocycles. The highest BCUT2D eigenvalue weighted by molar-refractivity contribution is 6.06. The lowest BCUT2D eigenvalue weighted by Crippen LogP contribution is -2.56. The van der Waals surface area contributed by atoms with Crippen LogP contribution in [0.1, 0.15) is 22.7 Å². The molecule has 0 saturated carbocycles. The van der Waals surface area contributed by atoms with E-state index in [0.717, 1.165) is 16.8 Å². The fourth-order valence-corrected chi connectivity index (χ4v) is 6.79. The molecule has 8 nitrogen and oxygen atoms in total. The summed E-state index contributed by atoms with van der Waals surface area (Å²) in [5.74, 6) is -2.50. The number of aliphatic hydroxyl groups is 1. The van der Waals surface area contributed by atoms with E-state index in [0.29, 0.717) is 18.7 Å². The van der Waals surface area contributed by atoms with Crippen molar-refractivity contribution >= 4 is 23.4 Å². The lowest BCUT2D eigenvalue weighted by Gasteiger charge is -2.39. The number of likely N-dealkylation sites (tertiary alicyclic amines) is 1. The number of aliphatic hydroxyl groups excluding tert-OH is 1. The summed E-state index contributed by atoms with van der Waals surface area (Å²) in [6, 6.07) is 13.3. The van der Waals surface area contributed by atoms with Crippen LogP contribution in [0.25, 0.3) is 0 Å². The standard InChI is InChI=1S/C31H33N3O5/c1-19-12-13-20(2)22(17-19)33-16-8-14-31-26(25-24(39-31)11-7-15-32(3)28(25)36)29(37)34(27(31)30(33)38)23(18-35)21-9-5-4-6-10-21/h4-14,17,23-27,35H,15-16,18H2,1-3H3/t23-,24-,25+,26+,27?,31+/m1/s1. The van der Waals surface area contributed by atoms with Crippen molar-refractivity contribution in [1.29, 1.82) is 0 Å². The molecule has 8 heteroatoms. The van der Waals surface area contributed by atoms with E-state index in [4.69, 9.17) is 4.74 Å². The summed E-state index contributed by atoms with van der Waals surface area (Å²) in [5, 5.41) is 10.6. The number of likely N-dealkylation sites (N-methyl/N-ethyl adjacent to an activating group) is 1. The quantitative estimate of drug-likeness (QED) is 0.618. The topological polar surface area (TPSA) is 90.4 Å². The number of ether oxygens (including phenoxy) is 1. The summed E-state index contributed by atoms with van der Waals surface area (Å²) in [6.07, 6.45) is 6.81. The number of hydrogen-bond donors (Lipinski definition) is 1. The Kier molecular flexibility index (Phi) is 6.19. The lowest BCUT2D eigenvalue weighted by atomic mass is 9.77. The Bertz CT molecular complexity index is 1390. The predicted molar refractivity (Wildman–Crippen MR) is 146 cm³/mol. The molecular weight excluding hydrogens is 494 g/mol. The first-order valence-corrected chi connectivity index (χ1v) is 13.4. The van der Waals surface area contributed by atoms with E-state index in [1.54, 1.807) is 16.8 Å². The molecule has 2 aromatic carbocycles. The third-order valence-corrected chi connectivity index (χ3v) is 8.65. The molecule has 2 aromatic rings. The van der Waals surface area contributed by atoms with Crippen LogP contribution < -0.4 is 4.90 Å². The normalized spacial score (nSPS) is 30.7. The van der Waals surface area contributed by atoms with Crippen molar-refractivity contribution in [2.24, 2.45) is 11.8 Å². The van der Waals surface area contributed by atoms with E-state index in [2.05, 4.69) is 0 Å². The van der Waals surface area contributed by atoms with Crippen LogP contribution in [-0.4, -0.2) is 77.1 Å². The van der Waals surface area contributed by atoms with Crippen molar-refractivity contribution in [2.75, 3.05) is 31.6 Å². The minimum Gasteiger partial charge on any atom is -0.394 e. The number of aryl methyl sites for hydroxylation is 2. The number of anilines is 1. The van der Waals surface area contributed by atoms with Crippen molar-refractivity contribution in [2.45, 2.75) is 37.6 Å². The van der Waals surface area contributed by atoms with Gasteiger partial charge in [0.05, 0.1) is 30.6 Å². The van der Waals surface area contributed by atoms with Gasteiger partial charge in [-0.2, -0.15) is 0 Å². The zero-order valence-corrected chi connectivity index (χ0v) is 22.4. The largest absolute Gasteiger partial charge is 0.394 e. The van der Waals surface area contributed by atoms with E-state index in [9.17, 15) is 19.5 Å². The molecule has 3 amide bonds. The summed E-state index contributed by atoms with van der Waals surface area (Å²) in [7, 11) is 1.71. The van der Waals surface area contributed by atoms with Crippen LogP contribution in [0.5, 0.6) is 0 Å². The molecule has 6 atom stereocenters. The second-order valence-corrected chi connectivity index (χ2v) is 11.0. The van der Waals surface area contributed by atoms with Gasteiger partial charge in [-0.15, -0.1) is 0 Å². The Morgan fingerprint density at radius 2 is 1.77 bits per heavy atom. The Balaban J connectivity index is 1.54. The number of rotatable bonds is 4. The molecule has 2 saturated heterocycles. The Labute approximate surface area is 228 Å². The van der Waals surface area contributed by atoms with Gasteiger partial charge in [0, 0.05) is 25.8 Å². The molecule has 4 aliphatic rings. The van der Waals surface area contributed by atoms with Crippen LogP contribution in [-0.2, 0) is 19.1 Å². The van der Waals surface area contributed by atoms with Gasteiger partial charge in [0.25, 0.3) is 5.91 Å². The zero-order chi connectivity index (χ0) is 27.5. The molecule has 202 valence electrons. The van der Waals surface area contributed by atoms with Crippen LogP contribution in [0, 0.1) is 25.7 Å². The van der Waals surface area contributed by atoms with Gasteiger partial charge >= 0.3 is 0 Å². The molecule has 0 aliphatic carbocycles. The highest BCUT2D eigenvalue weighted by Gasteiger charge is 2.72. The molecule has 6 rings (SSSR count). The minimum absolute atomic E-state index is 0.183. The highest BCUT2D eigenvalue weighted by Crippen LogP contribution is 2.55. The summed E-state index contributed by atoms with van der Waals surface area (Å²) in [4.78, 5) is 47.6. The van der Waals surface area contributed by atoms with Crippen molar-refractivity contribution in [3.05, 3.63) is 89.5 Å². The molecule has 1 spiro atoms. The predicted octanol–water partition coefficient (Wildman–Crippen LogP) is 2.55. The van der Waals surface area contributed by atoms with Gasteiger partial charge in [-0.05, 0) is 36.6 Å². The fourth-order valence-electron chi connectivity index (χ4n) is 6.79. The molecule has 0 radical (unpaired) electrons. The summed E-state index contributed by atoms with van der Waals surface area (Å²) in [5.41, 5.74) is 2.07. The summed E-state index contributed by atoms with van der Waals surface area (Å²) >= 11 is 0. The van der Waals surface area contributed by atoms with Gasteiger partial charge in [-0.25, -0.2) is 0 Å². The lowest BCUT2D eigenvalue weighted by molar-refractivity contribution is -0.146. The third-order valence-electron chi connectivity index (χ3n) is 8.65. The molecule has 0 aromatic heterocycles. The Morgan fingerprint density at radius 1 is 1.00 bits per heavy atom. The first-order valence-electron chi connectivity index (χ1n) is 13.4. The highest BCUT2D eigenvalue weighted by atomic mass is 16.5. The number of carbonyl (C=O) groups excluding carboxylic acids is 3. The van der Waals surface area contributed by atoms with Gasteiger partial charge < -0.3 is 24.5 Å². The molecule has 1 N–H and O–H groups in total. The number of fused-ring (bicyclic) bond motifs is 2. The van der Waals surface area contributed by atoms with E-state index in [1.165, 1.54) is 4.90 Å². The van der Waals surface area contributed by atoms with Gasteiger partial charge in [0.2, 0.25) is 11.8 Å². The number of amides is 3. The van der Waals surface area contributed by atoms with Crippen molar-refractivity contribution in [3.63, 3.8) is 0 Å². The molecule has 1 unspecified atom stereocenters. The van der Waals surface area contributed by atoms with E-state index >= 15 is 0 Å². The van der Waals surface area contributed by atoms with Crippen molar-refractivity contribution in [1.82, 2.24) is 9.80 Å². The van der Waals surface area contributed by atoms with Gasteiger partial charge in [0.1, 0.15) is 11.6 Å². The number of nitrogens with zero attached hydrogens (tertiary/aromatic N) is 3. The average molecular weight is 528 g/mol. The minimum atomic E-state index is -1.35. The summed E-state index contributed by atoms with van der Waals surface area (Å²) in [6.45, 7) is 4.28. The number of benzene rings is 2. The smallest absolute Gasteiger partial charge is 0.253 e. The van der Waals surface area contributed by atoms with Crippen molar-refractivity contribution in [3.8, 4) is 0 Å². The van der Waals surface area contributed by atoms with E-state index < -0.39 is 35.6 Å². The van der Waals surface area contributed by atoms with Crippen LogP contribution in [0.3, 0.4) is 0 Å². The maximum absolute atomic E-state index is 14.7. The van der Waals surface area contributed by atoms with Gasteiger partial charge in [-0.3, -0.25) is 14.4 Å². The third kappa shape index (κ3) is 3.77. The van der Waals surface area contributed by atoms with Crippen LogP contribution in [0.2, 0.25) is 0 Å². The van der Waals surface area contributed by atoms with Gasteiger partial charge in [0.15, 0.2) is 0 Å². The molecule has 0 bridgehead atoms. The number of hydrogen-bond acceptors (Lipinski definition) is 5. The maximum atomic E-state index is 14.7. The molecule has 39 heavy (non-hydrogen) atoms. The average Bonchev–Trinajstić information content (AvgIpc) is 3.26. The fraction of sp³-hybridized carbons (Fsp3) is 0.387. The second-order valence-electron chi connectivity index (χ2n) is 11.0. The zero-order valence-electron chi connectivity index (χ0n) is 22.4. The molecule has 4 aliphatic heterocycles. The van der Waals surface area contributed by atoms with E-state index in [-0.39, 0.29) is 24.3 Å². The first-order chi connectivity index (χ1) is 18.8. The molecule has 2 fully saturated rings. The first kappa shape index (κ1) is 25.5. The SMILES string of the molecule is Cc1ccc(C)c(N2CC=C[C@]34O[C@@H]5C=CCN(C)C(=O)[C@@H]5[C@H]3C(=O)N([C@H](CO)c3ccccc3)C4C2=O)c1. The second kappa shape index (κ2) is 9.47. The van der Waals surface area contributed by atoms with Crippen LogP contribution in [0.4, 0.5) is 5.69 Å². The number of carbonyl (C=O) groups is 3. The van der Waals surface area contributed by atoms with E-state index in [1.807, 2.05) is 86.7 Å².